The van der Waals surface area contributed by atoms with E-state index in [0.29, 0.717) is 19.3 Å². The molecule has 320 valence electrons. The van der Waals surface area contributed by atoms with Crippen molar-refractivity contribution in [1.82, 2.24) is 0 Å². The van der Waals surface area contributed by atoms with Crippen LogP contribution in [0.25, 0.3) is 0 Å². The van der Waals surface area contributed by atoms with Crippen LogP contribution in [0.5, 0.6) is 0 Å². The van der Waals surface area contributed by atoms with Gasteiger partial charge in [-0.1, -0.05) is 215 Å². The molecule has 0 saturated heterocycles. The highest BCUT2D eigenvalue weighted by Crippen LogP contribution is 2.18. The molecule has 0 N–H and O–H groups in total. The number of ether oxygens (including phenoxy) is 3. The molecule has 3 atom stereocenters. The smallest absolute Gasteiger partial charge is 0.306 e. The van der Waals surface area contributed by atoms with Gasteiger partial charge in [0.15, 0.2) is 6.10 Å². The molecule has 2 unspecified atom stereocenters. The highest BCUT2D eigenvalue weighted by Gasteiger charge is 2.19. The van der Waals surface area contributed by atoms with E-state index in [9.17, 15) is 14.4 Å². The molecule has 0 amide bonds. The zero-order chi connectivity index (χ0) is 39.9. The summed E-state index contributed by atoms with van der Waals surface area (Å²) in [4.78, 5) is 37.8. The lowest BCUT2D eigenvalue weighted by Gasteiger charge is -2.18. The van der Waals surface area contributed by atoms with E-state index in [1.54, 1.807) is 0 Å². The highest BCUT2D eigenvalue weighted by atomic mass is 16.6. The maximum absolute atomic E-state index is 12.7. The fraction of sp³-hybridized carbons (Fsp3) is 0.938. The number of esters is 3. The minimum absolute atomic E-state index is 0.0665. The van der Waals surface area contributed by atoms with E-state index < -0.39 is 6.10 Å². The van der Waals surface area contributed by atoms with Gasteiger partial charge in [-0.25, -0.2) is 0 Å². The molecular weight excluding hydrogens is 673 g/mol. The summed E-state index contributed by atoms with van der Waals surface area (Å²) in [5, 5.41) is 0. The van der Waals surface area contributed by atoms with Crippen LogP contribution in [-0.2, 0) is 28.6 Å². The molecule has 6 nitrogen and oxygen atoms in total. The van der Waals surface area contributed by atoms with Gasteiger partial charge in [0.1, 0.15) is 13.2 Å². The zero-order valence-electron chi connectivity index (χ0n) is 37.0. The summed E-state index contributed by atoms with van der Waals surface area (Å²) < 4.78 is 16.7. The number of carbonyl (C=O) groups is 3. The second kappa shape index (κ2) is 39.6. The molecule has 0 aliphatic heterocycles. The van der Waals surface area contributed by atoms with Crippen molar-refractivity contribution >= 4 is 17.9 Å². The van der Waals surface area contributed by atoms with E-state index in [2.05, 4.69) is 41.5 Å². The van der Waals surface area contributed by atoms with Gasteiger partial charge in [-0.2, -0.15) is 0 Å². The number of hydrogen-bond donors (Lipinski definition) is 0. The van der Waals surface area contributed by atoms with Crippen molar-refractivity contribution in [3.63, 3.8) is 0 Å². The summed E-state index contributed by atoms with van der Waals surface area (Å²) in [5.74, 6) is 1.63. The molecule has 0 aromatic rings. The Labute approximate surface area is 336 Å². The van der Waals surface area contributed by atoms with E-state index in [1.807, 2.05) is 0 Å². The van der Waals surface area contributed by atoms with E-state index in [1.165, 1.54) is 135 Å². The lowest BCUT2D eigenvalue weighted by molar-refractivity contribution is -0.167. The van der Waals surface area contributed by atoms with Crippen molar-refractivity contribution in [1.29, 1.82) is 0 Å². The van der Waals surface area contributed by atoms with Crippen LogP contribution in [0, 0.1) is 17.8 Å². The molecule has 0 aliphatic rings. The van der Waals surface area contributed by atoms with Crippen molar-refractivity contribution < 1.29 is 28.6 Å². The predicted molar refractivity (Wildman–Crippen MR) is 229 cm³/mol. The molecular formula is C48H92O6. The molecule has 0 radical (unpaired) electrons. The van der Waals surface area contributed by atoms with Gasteiger partial charge >= 0.3 is 17.9 Å². The number of rotatable bonds is 41. The lowest BCUT2D eigenvalue weighted by atomic mass is 9.99. The summed E-state index contributed by atoms with van der Waals surface area (Å²) >= 11 is 0. The molecule has 0 bridgehead atoms. The van der Waals surface area contributed by atoms with Gasteiger partial charge in [0.2, 0.25) is 0 Å². The van der Waals surface area contributed by atoms with Gasteiger partial charge in [0.25, 0.3) is 0 Å². The molecule has 0 aromatic heterocycles. The van der Waals surface area contributed by atoms with Crippen molar-refractivity contribution in [3.05, 3.63) is 0 Å². The van der Waals surface area contributed by atoms with Crippen LogP contribution >= 0.6 is 0 Å². The maximum atomic E-state index is 12.7. The molecule has 0 aromatic carbocycles. The topological polar surface area (TPSA) is 78.9 Å². The van der Waals surface area contributed by atoms with Gasteiger partial charge in [0.05, 0.1) is 0 Å². The maximum Gasteiger partial charge on any atom is 0.306 e. The first-order chi connectivity index (χ1) is 26.2. The van der Waals surface area contributed by atoms with Crippen LogP contribution in [0.1, 0.15) is 253 Å². The first kappa shape index (κ1) is 52.4. The fourth-order valence-corrected chi connectivity index (χ4v) is 6.99. The van der Waals surface area contributed by atoms with Crippen LogP contribution in [0.3, 0.4) is 0 Å². The van der Waals surface area contributed by atoms with Crippen LogP contribution in [-0.4, -0.2) is 37.2 Å². The minimum atomic E-state index is -0.762. The third kappa shape index (κ3) is 38.7. The quantitative estimate of drug-likeness (QED) is 0.0350. The van der Waals surface area contributed by atoms with Crippen LogP contribution in [0.2, 0.25) is 0 Å². The Hall–Kier alpha value is -1.59. The largest absolute Gasteiger partial charge is 0.462 e. The van der Waals surface area contributed by atoms with E-state index in [4.69, 9.17) is 14.2 Å². The summed E-state index contributed by atoms with van der Waals surface area (Å²) in [6, 6.07) is 0. The van der Waals surface area contributed by atoms with Gasteiger partial charge in [0, 0.05) is 19.3 Å². The Morgan fingerprint density at radius 3 is 0.963 bits per heavy atom. The van der Waals surface area contributed by atoms with Crippen molar-refractivity contribution in [2.75, 3.05) is 13.2 Å². The Kier molecular flexibility index (Phi) is 38.5. The first-order valence-electron chi connectivity index (χ1n) is 23.7. The summed E-state index contributed by atoms with van der Waals surface area (Å²) in [6.07, 6.45) is 36.5. The SMILES string of the molecule is CCC(C)CCCCCCCCCCCCC(=O)O[C@H](COC(=O)CCCCCCCCCCC(C)CC)COC(=O)CCCCCCCCCC(C)C. The summed E-state index contributed by atoms with van der Waals surface area (Å²) in [6.45, 7) is 13.7. The monoisotopic (exact) mass is 765 g/mol. The molecule has 6 heteroatoms. The second-order valence-corrected chi connectivity index (χ2v) is 17.4. The minimum Gasteiger partial charge on any atom is -0.462 e. The van der Waals surface area contributed by atoms with Crippen molar-refractivity contribution in [2.24, 2.45) is 17.8 Å². The molecule has 0 spiro atoms. The zero-order valence-corrected chi connectivity index (χ0v) is 37.0. The normalized spacial score (nSPS) is 13.2. The van der Waals surface area contributed by atoms with E-state index in [0.717, 1.165) is 75.5 Å². The third-order valence-corrected chi connectivity index (χ3v) is 11.4. The Bertz CT molecular complexity index is 841. The predicted octanol–water partition coefficient (Wildman–Crippen LogP) is 14.8. The number of unbranched alkanes of at least 4 members (excludes halogenated alkanes) is 22. The van der Waals surface area contributed by atoms with Crippen LogP contribution < -0.4 is 0 Å². The first-order valence-corrected chi connectivity index (χ1v) is 23.7. The van der Waals surface area contributed by atoms with Gasteiger partial charge in [-0.05, 0) is 37.0 Å². The highest BCUT2D eigenvalue weighted by molar-refractivity contribution is 5.71. The molecule has 0 fully saturated rings. The van der Waals surface area contributed by atoms with Crippen LogP contribution in [0.15, 0.2) is 0 Å². The van der Waals surface area contributed by atoms with Crippen molar-refractivity contribution in [2.45, 2.75) is 260 Å². The number of hydrogen-bond acceptors (Lipinski definition) is 6. The summed E-state index contributed by atoms with van der Waals surface area (Å²) in [7, 11) is 0. The molecule has 0 heterocycles. The Balaban J connectivity index is 4.35. The van der Waals surface area contributed by atoms with Gasteiger partial charge in [-0.15, -0.1) is 0 Å². The van der Waals surface area contributed by atoms with Gasteiger partial charge < -0.3 is 14.2 Å². The molecule has 0 aliphatic carbocycles. The third-order valence-electron chi connectivity index (χ3n) is 11.4. The summed E-state index contributed by atoms with van der Waals surface area (Å²) in [5.41, 5.74) is 0. The number of carbonyl (C=O) groups excluding carboxylic acids is 3. The average Bonchev–Trinajstić information content (AvgIpc) is 3.15. The fourth-order valence-electron chi connectivity index (χ4n) is 6.99. The standard InChI is InChI=1S/C48H92O6/c1-7-43(5)35-29-23-17-11-9-10-12-20-27-33-39-48(51)54-45(41-53-47(50)38-32-26-21-15-16-22-28-34-42(3)4)40-52-46(49)37-31-25-19-14-13-18-24-30-36-44(6)8-2/h42-45H,7-41H2,1-6H3/t43?,44?,45-/m1/s1. The lowest BCUT2D eigenvalue weighted by Crippen LogP contribution is -2.30. The molecule has 54 heavy (non-hydrogen) atoms. The second-order valence-electron chi connectivity index (χ2n) is 17.4. The van der Waals surface area contributed by atoms with E-state index in [-0.39, 0.29) is 31.1 Å². The molecule has 0 rings (SSSR count). The van der Waals surface area contributed by atoms with E-state index >= 15 is 0 Å². The average molecular weight is 765 g/mol. The van der Waals surface area contributed by atoms with Gasteiger partial charge in [-0.3, -0.25) is 14.4 Å². The Morgan fingerprint density at radius 2 is 0.648 bits per heavy atom. The Morgan fingerprint density at radius 1 is 0.370 bits per heavy atom. The van der Waals surface area contributed by atoms with Crippen molar-refractivity contribution in [3.8, 4) is 0 Å². The van der Waals surface area contributed by atoms with Crippen LogP contribution in [0.4, 0.5) is 0 Å². The molecule has 0 saturated carbocycles.